The normalized spacial score (nSPS) is 11.2. The molecule has 0 saturated carbocycles. The molecule has 0 spiro atoms. The van der Waals surface area contributed by atoms with Crippen LogP contribution in [0.25, 0.3) is 0 Å². The molecule has 8 nitrogen and oxygen atoms in total. The Kier molecular flexibility index (Phi) is 6.39. The average Bonchev–Trinajstić information content (AvgIpc) is 2.77. The number of methoxy groups -OCH3 is 1. The lowest BCUT2D eigenvalue weighted by Crippen LogP contribution is -2.26. The van der Waals surface area contributed by atoms with Crippen LogP contribution in [0.1, 0.15) is 22.0 Å². The standard InChI is InChI=1S/C22H18N2O6/c1-29-19-9-5-8-17(13-19)23-22(26)21(15-6-3-2-4-7-15)30-20-11-10-18(24(27)28)12-16(20)14-25/h2-14,21H,1H3,(H,23,26)/t21-/m1/s1. The van der Waals surface area contributed by atoms with Crippen LogP contribution in [0.3, 0.4) is 0 Å². The van der Waals surface area contributed by atoms with Gasteiger partial charge in [-0.05, 0) is 18.2 Å². The molecule has 1 atom stereocenters. The molecule has 1 N–H and O–H groups in total. The summed E-state index contributed by atoms with van der Waals surface area (Å²) in [6.07, 6.45) is -0.651. The summed E-state index contributed by atoms with van der Waals surface area (Å²) in [7, 11) is 1.52. The third kappa shape index (κ3) is 4.79. The van der Waals surface area contributed by atoms with E-state index in [-0.39, 0.29) is 17.0 Å². The number of nitrogens with zero attached hydrogens (tertiary/aromatic N) is 1. The molecule has 30 heavy (non-hydrogen) atoms. The van der Waals surface area contributed by atoms with Crippen molar-refractivity contribution >= 4 is 23.6 Å². The maximum absolute atomic E-state index is 13.0. The van der Waals surface area contributed by atoms with Crippen molar-refractivity contribution in [1.29, 1.82) is 0 Å². The highest BCUT2D eigenvalue weighted by molar-refractivity contribution is 5.95. The van der Waals surface area contributed by atoms with Gasteiger partial charge in [-0.25, -0.2) is 0 Å². The molecule has 0 bridgehead atoms. The summed E-state index contributed by atoms with van der Waals surface area (Å²) >= 11 is 0. The predicted octanol–water partition coefficient (Wildman–Crippen LogP) is 4.17. The third-order valence-corrected chi connectivity index (χ3v) is 4.25. The molecular formula is C22H18N2O6. The Labute approximate surface area is 172 Å². The molecule has 0 fully saturated rings. The Morgan fingerprint density at radius 3 is 2.50 bits per heavy atom. The minimum atomic E-state index is -1.10. The summed E-state index contributed by atoms with van der Waals surface area (Å²) in [5.74, 6) is 0.151. The van der Waals surface area contributed by atoms with Crippen molar-refractivity contribution in [2.75, 3.05) is 12.4 Å². The van der Waals surface area contributed by atoms with Crippen LogP contribution < -0.4 is 14.8 Å². The molecule has 0 radical (unpaired) electrons. The molecule has 3 rings (SSSR count). The van der Waals surface area contributed by atoms with Gasteiger partial charge in [0, 0.05) is 29.4 Å². The van der Waals surface area contributed by atoms with Crippen molar-refractivity contribution in [2.24, 2.45) is 0 Å². The molecule has 3 aromatic carbocycles. The molecule has 0 aliphatic rings. The summed E-state index contributed by atoms with van der Waals surface area (Å²) in [6.45, 7) is 0. The van der Waals surface area contributed by atoms with Gasteiger partial charge in [-0.15, -0.1) is 0 Å². The Morgan fingerprint density at radius 1 is 1.07 bits per heavy atom. The zero-order valence-electron chi connectivity index (χ0n) is 16.0. The molecule has 0 saturated heterocycles. The van der Waals surface area contributed by atoms with Gasteiger partial charge >= 0.3 is 0 Å². The van der Waals surface area contributed by atoms with Gasteiger partial charge in [0.25, 0.3) is 11.6 Å². The second kappa shape index (κ2) is 9.33. The highest BCUT2D eigenvalue weighted by Crippen LogP contribution is 2.29. The van der Waals surface area contributed by atoms with E-state index in [1.807, 2.05) is 0 Å². The number of nitro benzene ring substituents is 1. The quantitative estimate of drug-likeness (QED) is 0.342. The zero-order chi connectivity index (χ0) is 21.5. The van der Waals surface area contributed by atoms with E-state index in [2.05, 4.69) is 5.32 Å². The number of nitro groups is 1. The first-order valence-electron chi connectivity index (χ1n) is 8.92. The van der Waals surface area contributed by atoms with Gasteiger partial charge in [-0.3, -0.25) is 19.7 Å². The first-order chi connectivity index (χ1) is 14.5. The van der Waals surface area contributed by atoms with E-state index in [9.17, 15) is 19.7 Å². The number of anilines is 1. The molecule has 0 aromatic heterocycles. The highest BCUT2D eigenvalue weighted by atomic mass is 16.6. The topological polar surface area (TPSA) is 108 Å². The van der Waals surface area contributed by atoms with Crippen molar-refractivity contribution in [3.63, 3.8) is 0 Å². The number of ether oxygens (including phenoxy) is 2. The van der Waals surface area contributed by atoms with E-state index in [4.69, 9.17) is 9.47 Å². The number of carbonyl (C=O) groups is 2. The van der Waals surface area contributed by atoms with Crippen LogP contribution >= 0.6 is 0 Å². The molecule has 0 aliphatic carbocycles. The minimum Gasteiger partial charge on any atom is -0.497 e. The van der Waals surface area contributed by atoms with Crippen LogP contribution in [0, 0.1) is 10.1 Å². The number of rotatable bonds is 8. The molecule has 0 unspecified atom stereocenters. The third-order valence-electron chi connectivity index (χ3n) is 4.25. The van der Waals surface area contributed by atoms with Crippen LogP contribution in [0.2, 0.25) is 0 Å². The van der Waals surface area contributed by atoms with Gasteiger partial charge in [-0.1, -0.05) is 36.4 Å². The number of non-ortho nitro benzene ring substituents is 1. The summed E-state index contributed by atoms with van der Waals surface area (Å²) in [5, 5.41) is 13.7. The lowest BCUT2D eigenvalue weighted by molar-refractivity contribution is -0.384. The Bertz CT molecular complexity index is 1070. The van der Waals surface area contributed by atoms with Crippen molar-refractivity contribution < 1.29 is 24.0 Å². The van der Waals surface area contributed by atoms with Gasteiger partial charge in [0.2, 0.25) is 6.10 Å². The van der Waals surface area contributed by atoms with Gasteiger partial charge in [0.05, 0.1) is 17.6 Å². The Hall–Kier alpha value is -4.20. The summed E-state index contributed by atoms with van der Waals surface area (Å²) in [4.78, 5) is 34.8. The second-order valence-electron chi connectivity index (χ2n) is 6.23. The second-order valence-corrected chi connectivity index (χ2v) is 6.23. The first-order valence-corrected chi connectivity index (χ1v) is 8.92. The average molecular weight is 406 g/mol. The van der Waals surface area contributed by atoms with Crippen LogP contribution in [-0.4, -0.2) is 24.2 Å². The van der Waals surface area contributed by atoms with Gasteiger partial charge in [0.1, 0.15) is 11.5 Å². The predicted molar refractivity (Wildman–Crippen MR) is 110 cm³/mol. The molecule has 1 amide bonds. The van der Waals surface area contributed by atoms with E-state index in [0.717, 1.165) is 6.07 Å². The van der Waals surface area contributed by atoms with Crippen LogP contribution in [0.5, 0.6) is 11.5 Å². The summed E-state index contributed by atoms with van der Waals surface area (Å²) in [6, 6.07) is 19.2. The van der Waals surface area contributed by atoms with E-state index in [1.165, 1.54) is 19.2 Å². The fraction of sp³-hybridized carbons (Fsp3) is 0.0909. The maximum Gasteiger partial charge on any atom is 0.270 e. The molecule has 0 aliphatic heterocycles. The number of hydrogen-bond acceptors (Lipinski definition) is 6. The van der Waals surface area contributed by atoms with Gasteiger partial charge < -0.3 is 14.8 Å². The number of benzene rings is 3. The SMILES string of the molecule is COc1cccc(NC(=O)[C@H](Oc2ccc([N+](=O)[O-])cc2C=O)c2ccccc2)c1. The van der Waals surface area contributed by atoms with E-state index < -0.39 is 16.9 Å². The van der Waals surface area contributed by atoms with Crippen LogP contribution in [0.15, 0.2) is 72.8 Å². The maximum atomic E-state index is 13.0. The van der Waals surface area contributed by atoms with Crippen molar-refractivity contribution in [2.45, 2.75) is 6.10 Å². The van der Waals surface area contributed by atoms with Crippen LogP contribution in [-0.2, 0) is 4.79 Å². The number of nitrogens with one attached hydrogen (secondary N) is 1. The number of hydrogen-bond donors (Lipinski definition) is 1. The number of amides is 1. The fourth-order valence-electron chi connectivity index (χ4n) is 2.79. The molecular weight excluding hydrogens is 388 g/mol. The molecule has 152 valence electrons. The highest BCUT2D eigenvalue weighted by Gasteiger charge is 2.25. The van der Waals surface area contributed by atoms with E-state index >= 15 is 0 Å². The summed E-state index contributed by atoms with van der Waals surface area (Å²) in [5.41, 5.74) is 0.775. The lowest BCUT2D eigenvalue weighted by Gasteiger charge is -2.20. The number of carbonyl (C=O) groups excluding carboxylic acids is 2. The largest absolute Gasteiger partial charge is 0.497 e. The van der Waals surface area contributed by atoms with Crippen molar-refractivity contribution in [3.8, 4) is 11.5 Å². The van der Waals surface area contributed by atoms with Gasteiger partial charge in [0.15, 0.2) is 6.29 Å². The van der Waals surface area contributed by atoms with E-state index in [0.29, 0.717) is 23.3 Å². The molecule has 0 heterocycles. The molecule has 3 aromatic rings. The van der Waals surface area contributed by atoms with Crippen molar-refractivity contribution in [1.82, 2.24) is 0 Å². The van der Waals surface area contributed by atoms with Gasteiger partial charge in [-0.2, -0.15) is 0 Å². The zero-order valence-corrected chi connectivity index (χ0v) is 16.0. The van der Waals surface area contributed by atoms with Crippen LogP contribution in [0.4, 0.5) is 11.4 Å². The van der Waals surface area contributed by atoms with Crippen molar-refractivity contribution in [3.05, 3.63) is 94.0 Å². The Morgan fingerprint density at radius 2 is 1.83 bits per heavy atom. The molecule has 8 heteroatoms. The smallest absolute Gasteiger partial charge is 0.270 e. The fourth-order valence-corrected chi connectivity index (χ4v) is 2.79. The number of aldehydes is 1. The Balaban J connectivity index is 1.93. The van der Waals surface area contributed by atoms with E-state index in [1.54, 1.807) is 54.6 Å². The summed E-state index contributed by atoms with van der Waals surface area (Å²) < 4.78 is 11.0. The monoisotopic (exact) mass is 406 g/mol. The lowest BCUT2D eigenvalue weighted by atomic mass is 10.1. The minimum absolute atomic E-state index is 0.0284. The first kappa shape index (κ1) is 20.5.